The first-order chi connectivity index (χ1) is 13.5. The molecule has 1 saturated heterocycles. The number of nitrogens with zero attached hydrogens (tertiary/aromatic N) is 3. The fourth-order valence-corrected chi connectivity index (χ4v) is 3.60. The van der Waals surface area contributed by atoms with Crippen molar-refractivity contribution in [3.63, 3.8) is 0 Å². The summed E-state index contributed by atoms with van der Waals surface area (Å²) < 4.78 is 5.48. The molecule has 7 nitrogen and oxygen atoms in total. The summed E-state index contributed by atoms with van der Waals surface area (Å²) >= 11 is 0. The van der Waals surface area contributed by atoms with Crippen LogP contribution in [0.15, 0.2) is 42.5 Å². The third kappa shape index (κ3) is 3.60. The fourth-order valence-electron chi connectivity index (χ4n) is 3.60. The molecule has 2 aromatic carbocycles. The quantitative estimate of drug-likeness (QED) is 0.877. The Labute approximate surface area is 163 Å². The molecule has 2 aliphatic heterocycles. The first kappa shape index (κ1) is 18.2. The minimum Gasteiger partial charge on any atom is -0.508 e. The summed E-state index contributed by atoms with van der Waals surface area (Å²) in [6.07, 6.45) is 0. The molecule has 1 fully saturated rings. The van der Waals surface area contributed by atoms with Crippen molar-refractivity contribution in [2.24, 2.45) is 0 Å². The number of anilines is 2. The van der Waals surface area contributed by atoms with Crippen LogP contribution >= 0.6 is 0 Å². The predicted molar refractivity (Wildman–Crippen MR) is 106 cm³/mol. The van der Waals surface area contributed by atoms with Crippen molar-refractivity contribution in [2.45, 2.75) is 6.92 Å². The van der Waals surface area contributed by atoms with E-state index < -0.39 is 0 Å². The summed E-state index contributed by atoms with van der Waals surface area (Å²) in [4.78, 5) is 30.7. The molecule has 4 rings (SSSR count). The van der Waals surface area contributed by atoms with Gasteiger partial charge in [0.2, 0.25) is 5.91 Å². The zero-order valence-corrected chi connectivity index (χ0v) is 15.8. The van der Waals surface area contributed by atoms with Gasteiger partial charge in [0, 0.05) is 31.9 Å². The number of hydrogen-bond acceptors (Lipinski definition) is 5. The van der Waals surface area contributed by atoms with Gasteiger partial charge in [0.1, 0.15) is 18.0 Å². The van der Waals surface area contributed by atoms with Crippen molar-refractivity contribution in [3.05, 3.63) is 48.0 Å². The Bertz CT molecular complexity index is 889. The number of phenols is 1. The third-order valence-electron chi connectivity index (χ3n) is 5.20. The molecular formula is C21H23N3O4. The maximum absolute atomic E-state index is 12.8. The topological polar surface area (TPSA) is 73.3 Å². The van der Waals surface area contributed by atoms with Crippen molar-refractivity contribution in [2.75, 3.05) is 49.1 Å². The molecule has 2 heterocycles. The van der Waals surface area contributed by atoms with Gasteiger partial charge in [-0.3, -0.25) is 14.5 Å². The van der Waals surface area contributed by atoms with Crippen LogP contribution in [0.1, 0.15) is 5.56 Å². The van der Waals surface area contributed by atoms with Crippen molar-refractivity contribution in [3.8, 4) is 11.5 Å². The molecule has 0 radical (unpaired) electrons. The maximum atomic E-state index is 12.8. The molecule has 2 aliphatic rings. The average molecular weight is 381 g/mol. The number of fused-ring (bicyclic) bond motifs is 1. The Morgan fingerprint density at radius 3 is 2.50 bits per heavy atom. The zero-order valence-electron chi connectivity index (χ0n) is 15.8. The number of hydrogen-bond donors (Lipinski definition) is 1. The second-order valence-electron chi connectivity index (χ2n) is 7.12. The molecule has 0 unspecified atom stereocenters. The van der Waals surface area contributed by atoms with Gasteiger partial charge in [0.15, 0.2) is 6.61 Å². The van der Waals surface area contributed by atoms with Crippen LogP contribution in [0, 0.1) is 6.92 Å². The molecular weight excluding hydrogens is 358 g/mol. The minimum absolute atomic E-state index is 0.0257. The van der Waals surface area contributed by atoms with Gasteiger partial charge in [-0.25, -0.2) is 0 Å². The van der Waals surface area contributed by atoms with Crippen molar-refractivity contribution >= 4 is 23.2 Å². The van der Waals surface area contributed by atoms with E-state index in [0.29, 0.717) is 37.6 Å². The Hall–Kier alpha value is -3.22. The fraction of sp³-hybridized carbons (Fsp3) is 0.333. The summed E-state index contributed by atoms with van der Waals surface area (Å²) in [6.45, 7) is 4.54. The number of phenolic OH excluding ortho intramolecular Hbond substituents is 1. The van der Waals surface area contributed by atoms with Gasteiger partial charge >= 0.3 is 0 Å². The van der Waals surface area contributed by atoms with Crippen molar-refractivity contribution in [1.82, 2.24) is 4.90 Å². The van der Waals surface area contributed by atoms with Gasteiger partial charge in [-0.05, 0) is 48.9 Å². The summed E-state index contributed by atoms with van der Waals surface area (Å²) in [5, 5.41) is 9.42. The molecule has 0 aliphatic carbocycles. The molecule has 28 heavy (non-hydrogen) atoms. The van der Waals surface area contributed by atoms with Gasteiger partial charge in [-0.2, -0.15) is 0 Å². The second kappa shape index (κ2) is 7.42. The van der Waals surface area contributed by atoms with E-state index in [9.17, 15) is 14.7 Å². The number of carbonyl (C=O) groups excluding carboxylic acids is 2. The van der Waals surface area contributed by atoms with Crippen molar-refractivity contribution < 1.29 is 19.4 Å². The molecule has 7 heteroatoms. The van der Waals surface area contributed by atoms with Crippen LogP contribution in [0.5, 0.6) is 11.5 Å². The van der Waals surface area contributed by atoms with Crippen LogP contribution in [0.3, 0.4) is 0 Å². The number of carbonyl (C=O) groups is 2. The van der Waals surface area contributed by atoms with Crippen LogP contribution < -0.4 is 14.5 Å². The smallest absolute Gasteiger partial charge is 0.265 e. The normalized spacial score (nSPS) is 16.6. The third-order valence-corrected chi connectivity index (χ3v) is 5.20. The highest BCUT2D eigenvalue weighted by molar-refractivity contribution is 6.02. The Kier molecular flexibility index (Phi) is 4.81. The summed E-state index contributed by atoms with van der Waals surface area (Å²) in [5.41, 5.74) is 2.70. The first-order valence-corrected chi connectivity index (χ1v) is 9.37. The number of amides is 2. The SMILES string of the molecule is Cc1ccc2c(c1)N(CC(=O)N1CCN(c3ccc(O)cc3)CC1)C(=O)CO2. The summed E-state index contributed by atoms with van der Waals surface area (Å²) in [7, 11) is 0. The van der Waals surface area contributed by atoms with E-state index in [4.69, 9.17) is 4.74 Å². The standard InChI is InChI=1S/C21H23N3O4/c1-15-2-7-19-18(12-15)24(21(27)14-28-19)13-20(26)23-10-8-22(9-11-23)16-3-5-17(25)6-4-16/h2-7,12,25H,8-11,13-14H2,1H3. The van der Waals surface area contributed by atoms with Gasteiger partial charge < -0.3 is 19.6 Å². The monoisotopic (exact) mass is 381 g/mol. The predicted octanol–water partition coefficient (Wildman–Crippen LogP) is 1.77. The number of benzene rings is 2. The molecule has 2 aromatic rings. The summed E-state index contributed by atoms with van der Waals surface area (Å²) in [6, 6.07) is 12.7. The first-order valence-electron chi connectivity index (χ1n) is 9.37. The van der Waals surface area contributed by atoms with Gasteiger partial charge in [0.25, 0.3) is 5.91 Å². The largest absolute Gasteiger partial charge is 0.508 e. The molecule has 0 saturated carbocycles. The van der Waals surface area contributed by atoms with E-state index in [1.165, 1.54) is 4.90 Å². The lowest BCUT2D eigenvalue weighted by atomic mass is 10.1. The van der Waals surface area contributed by atoms with E-state index in [0.717, 1.165) is 11.3 Å². The molecule has 1 N–H and O–H groups in total. The maximum Gasteiger partial charge on any atom is 0.265 e. The van der Waals surface area contributed by atoms with E-state index in [-0.39, 0.29) is 30.7 Å². The Morgan fingerprint density at radius 1 is 1.07 bits per heavy atom. The van der Waals surface area contributed by atoms with Crippen LogP contribution in [0.25, 0.3) is 0 Å². The van der Waals surface area contributed by atoms with E-state index in [1.807, 2.05) is 37.3 Å². The van der Waals surface area contributed by atoms with Gasteiger partial charge in [0.05, 0.1) is 5.69 Å². The summed E-state index contributed by atoms with van der Waals surface area (Å²) in [5.74, 6) is 0.612. The number of aromatic hydroxyl groups is 1. The molecule has 146 valence electrons. The zero-order chi connectivity index (χ0) is 19.7. The van der Waals surface area contributed by atoms with E-state index >= 15 is 0 Å². The average Bonchev–Trinajstić information content (AvgIpc) is 2.71. The highest BCUT2D eigenvalue weighted by Gasteiger charge is 2.30. The molecule has 0 spiro atoms. The highest BCUT2D eigenvalue weighted by atomic mass is 16.5. The van der Waals surface area contributed by atoms with E-state index in [2.05, 4.69) is 4.90 Å². The number of ether oxygens (including phenoxy) is 1. The van der Waals surface area contributed by atoms with Crippen LogP contribution in [0.4, 0.5) is 11.4 Å². The number of aryl methyl sites for hydroxylation is 1. The highest BCUT2D eigenvalue weighted by Crippen LogP contribution is 2.32. The van der Waals surface area contributed by atoms with Crippen LogP contribution in [-0.4, -0.2) is 61.2 Å². The van der Waals surface area contributed by atoms with Crippen LogP contribution in [0.2, 0.25) is 0 Å². The molecule has 2 amide bonds. The number of rotatable bonds is 3. The van der Waals surface area contributed by atoms with Gasteiger partial charge in [-0.1, -0.05) is 6.07 Å². The second-order valence-corrected chi connectivity index (χ2v) is 7.12. The number of piperazine rings is 1. The lowest BCUT2D eigenvalue weighted by Crippen LogP contribution is -2.53. The lowest BCUT2D eigenvalue weighted by Gasteiger charge is -2.37. The molecule has 0 bridgehead atoms. The molecule has 0 atom stereocenters. The Balaban J connectivity index is 1.40. The van der Waals surface area contributed by atoms with E-state index in [1.54, 1.807) is 17.0 Å². The van der Waals surface area contributed by atoms with Crippen LogP contribution in [-0.2, 0) is 9.59 Å². The Morgan fingerprint density at radius 2 is 1.79 bits per heavy atom. The lowest BCUT2D eigenvalue weighted by molar-refractivity contribution is -0.132. The molecule has 0 aromatic heterocycles. The minimum atomic E-state index is -0.200. The van der Waals surface area contributed by atoms with Gasteiger partial charge in [-0.15, -0.1) is 0 Å². The van der Waals surface area contributed by atoms with Crippen molar-refractivity contribution in [1.29, 1.82) is 0 Å².